The van der Waals surface area contributed by atoms with Gasteiger partial charge in [0.1, 0.15) is 18.2 Å². The second-order valence-corrected chi connectivity index (χ2v) is 8.45. The number of aromatic nitrogens is 4. The van der Waals surface area contributed by atoms with E-state index in [2.05, 4.69) is 25.6 Å². The van der Waals surface area contributed by atoms with Gasteiger partial charge in [0.2, 0.25) is 5.91 Å². The maximum Gasteiger partial charge on any atom is 0.416 e. The minimum Gasteiger partial charge on any atom is -0.342 e. The van der Waals surface area contributed by atoms with Gasteiger partial charge < -0.3 is 20.2 Å². The predicted molar refractivity (Wildman–Crippen MR) is 121 cm³/mol. The number of hydrogen-bond donors (Lipinski definition) is 3. The Hall–Kier alpha value is -4.26. The summed E-state index contributed by atoms with van der Waals surface area (Å²) in [4.78, 5) is 36.8. The van der Waals surface area contributed by atoms with Gasteiger partial charge in [-0.25, -0.2) is 18.7 Å². The molecule has 1 atom stereocenters. The molecule has 2 aromatic heterocycles. The fourth-order valence-electron chi connectivity index (χ4n) is 4.02. The second kappa shape index (κ2) is 9.00. The van der Waals surface area contributed by atoms with Crippen molar-refractivity contribution in [2.45, 2.75) is 18.8 Å². The van der Waals surface area contributed by atoms with Gasteiger partial charge in [-0.15, -0.1) is 0 Å². The number of fused-ring (bicyclic) bond motifs is 1. The van der Waals surface area contributed by atoms with Crippen LogP contribution in [0.4, 0.5) is 27.8 Å². The van der Waals surface area contributed by atoms with Gasteiger partial charge in [0, 0.05) is 28.5 Å². The molecule has 1 aliphatic rings. The fraction of sp³-hybridized carbons (Fsp3) is 0.130. The van der Waals surface area contributed by atoms with Gasteiger partial charge in [-0.05, 0) is 36.4 Å². The Kier molecular flexibility index (Phi) is 5.94. The molecule has 3 heterocycles. The summed E-state index contributed by atoms with van der Waals surface area (Å²) in [6.45, 7) is -0.268. The van der Waals surface area contributed by atoms with Crippen LogP contribution in [0.15, 0.2) is 48.8 Å². The van der Waals surface area contributed by atoms with E-state index in [1.54, 1.807) is 0 Å². The van der Waals surface area contributed by atoms with Crippen LogP contribution in [0.5, 0.6) is 0 Å². The highest BCUT2D eigenvalue weighted by Crippen LogP contribution is 2.38. The summed E-state index contributed by atoms with van der Waals surface area (Å²) in [6.07, 6.45) is -1.98. The molecule has 0 bridgehead atoms. The molecule has 0 aliphatic carbocycles. The number of aromatic amines is 1. The average Bonchev–Trinajstić information content (AvgIpc) is 3.47. The van der Waals surface area contributed by atoms with Crippen LogP contribution in [0, 0.1) is 11.6 Å². The number of hydrogen-bond acceptors (Lipinski definition) is 4. The molecular weight excluding hydrogens is 523 g/mol. The Bertz CT molecular complexity index is 1530. The maximum atomic E-state index is 14.1. The molecule has 4 aromatic rings. The van der Waals surface area contributed by atoms with Crippen molar-refractivity contribution in [1.82, 2.24) is 24.8 Å². The summed E-state index contributed by atoms with van der Waals surface area (Å²) in [7, 11) is 0. The SMILES string of the molecule is O=C1Cn2c(-c3ncc[nH]3)nc(NC(=O)c3cc(F)cc(C(F)(F)F)c3)c2[C@H](c2cc(F)ccc2Cl)N1. The topological polar surface area (TPSA) is 105 Å². The lowest BCUT2D eigenvalue weighted by atomic mass is 10.0. The highest BCUT2D eigenvalue weighted by atomic mass is 35.5. The van der Waals surface area contributed by atoms with Crippen LogP contribution in [0.25, 0.3) is 11.6 Å². The average molecular weight is 537 g/mol. The summed E-state index contributed by atoms with van der Waals surface area (Å²) in [5.41, 5.74) is -1.67. The van der Waals surface area contributed by atoms with E-state index in [9.17, 15) is 31.5 Å². The molecule has 2 aromatic carbocycles. The Balaban J connectivity index is 1.64. The monoisotopic (exact) mass is 536 g/mol. The van der Waals surface area contributed by atoms with Crippen molar-refractivity contribution in [2.24, 2.45) is 0 Å². The van der Waals surface area contributed by atoms with Crippen molar-refractivity contribution < 1.29 is 31.5 Å². The number of amides is 2. The second-order valence-electron chi connectivity index (χ2n) is 8.04. The first-order chi connectivity index (χ1) is 17.5. The number of anilines is 1. The molecule has 0 fully saturated rings. The van der Waals surface area contributed by atoms with E-state index in [1.807, 2.05) is 0 Å². The number of alkyl halides is 3. The van der Waals surface area contributed by atoms with Crippen molar-refractivity contribution >= 4 is 29.2 Å². The number of rotatable bonds is 4. The number of carbonyl (C=O) groups excluding carboxylic acids is 2. The molecule has 8 nitrogen and oxygen atoms in total. The summed E-state index contributed by atoms with van der Waals surface area (Å²) >= 11 is 6.28. The van der Waals surface area contributed by atoms with Crippen LogP contribution in [-0.4, -0.2) is 31.3 Å². The minimum atomic E-state index is -4.89. The molecule has 1 aliphatic heterocycles. The number of H-pyrrole nitrogens is 1. The number of benzene rings is 2. The van der Waals surface area contributed by atoms with Crippen molar-refractivity contribution in [2.75, 3.05) is 5.32 Å². The van der Waals surface area contributed by atoms with Gasteiger partial charge in [-0.2, -0.15) is 13.2 Å². The molecule has 0 radical (unpaired) electrons. The molecule has 0 saturated carbocycles. The smallest absolute Gasteiger partial charge is 0.342 e. The van der Waals surface area contributed by atoms with E-state index in [-0.39, 0.29) is 46.4 Å². The van der Waals surface area contributed by atoms with Crippen LogP contribution in [-0.2, 0) is 17.5 Å². The third-order valence-electron chi connectivity index (χ3n) is 5.59. The van der Waals surface area contributed by atoms with E-state index < -0.39 is 46.8 Å². The first-order valence-corrected chi connectivity index (χ1v) is 10.9. The van der Waals surface area contributed by atoms with Gasteiger partial charge in [0.05, 0.1) is 17.3 Å². The van der Waals surface area contributed by atoms with Crippen molar-refractivity contribution in [3.05, 3.63) is 87.8 Å². The summed E-state index contributed by atoms with van der Waals surface area (Å²) in [5.74, 6) is -3.36. The normalized spacial score (nSPS) is 15.3. The van der Waals surface area contributed by atoms with Crippen molar-refractivity contribution in [3.63, 3.8) is 0 Å². The van der Waals surface area contributed by atoms with E-state index in [1.165, 1.54) is 23.0 Å². The van der Waals surface area contributed by atoms with Crippen molar-refractivity contribution in [1.29, 1.82) is 0 Å². The van der Waals surface area contributed by atoms with Gasteiger partial charge in [-0.3, -0.25) is 9.59 Å². The number of nitrogens with zero attached hydrogens (tertiary/aromatic N) is 3. The lowest BCUT2D eigenvalue weighted by Crippen LogP contribution is -2.39. The first kappa shape index (κ1) is 24.4. The van der Waals surface area contributed by atoms with Crippen LogP contribution >= 0.6 is 11.6 Å². The lowest BCUT2D eigenvalue weighted by Gasteiger charge is -2.28. The quantitative estimate of drug-likeness (QED) is 0.329. The zero-order valence-electron chi connectivity index (χ0n) is 18.3. The maximum absolute atomic E-state index is 14.1. The molecule has 5 rings (SSSR count). The van der Waals surface area contributed by atoms with Gasteiger partial charge >= 0.3 is 6.18 Å². The highest BCUT2D eigenvalue weighted by Gasteiger charge is 2.36. The van der Waals surface area contributed by atoms with Gasteiger partial charge in [0.25, 0.3) is 5.91 Å². The van der Waals surface area contributed by atoms with Crippen LogP contribution in [0.1, 0.15) is 33.2 Å². The van der Waals surface area contributed by atoms with Crippen LogP contribution in [0.3, 0.4) is 0 Å². The summed E-state index contributed by atoms with van der Waals surface area (Å²) in [5, 5.41) is 5.15. The Morgan fingerprint density at radius 1 is 1.14 bits per heavy atom. The lowest BCUT2D eigenvalue weighted by molar-refractivity contribution is -0.137. The van der Waals surface area contributed by atoms with E-state index in [0.29, 0.717) is 12.1 Å². The Morgan fingerprint density at radius 2 is 1.92 bits per heavy atom. The Morgan fingerprint density at radius 3 is 2.62 bits per heavy atom. The van der Waals surface area contributed by atoms with Crippen LogP contribution < -0.4 is 10.6 Å². The predicted octanol–water partition coefficient (Wildman–Crippen LogP) is 4.70. The highest BCUT2D eigenvalue weighted by molar-refractivity contribution is 6.31. The number of nitrogens with one attached hydrogen (secondary N) is 3. The summed E-state index contributed by atoms with van der Waals surface area (Å²) in [6, 6.07) is 3.80. The molecule has 0 spiro atoms. The first-order valence-electron chi connectivity index (χ1n) is 10.5. The Labute approximate surface area is 209 Å². The zero-order chi connectivity index (χ0) is 26.5. The fourth-order valence-corrected chi connectivity index (χ4v) is 4.25. The van der Waals surface area contributed by atoms with Crippen molar-refractivity contribution in [3.8, 4) is 11.6 Å². The molecule has 0 saturated heterocycles. The largest absolute Gasteiger partial charge is 0.416 e. The third-order valence-corrected chi connectivity index (χ3v) is 5.93. The summed E-state index contributed by atoms with van der Waals surface area (Å²) < 4.78 is 68.9. The standard InChI is InChI=1S/C23H14ClF5N6O2/c24-15-2-1-12(25)8-14(15)17-18-19(33-21(20-30-3-4-31-20)35(18)9-16(36)32-17)34-22(37)10-5-11(23(27,28)29)7-13(26)6-10/h1-8,17H,9H2,(H,30,31)(H,32,36)(H,34,37)/t17-/m0/s1. The molecule has 190 valence electrons. The number of halogens is 6. The van der Waals surface area contributed by atoms with Gasteiger partial charge in [-0.1, -0.05) is 11.6 Å². The number of imidazole rings is 2. The molecule has 0 unspecified atom stereocenters. The molecule has 2 amide bonds. The molecule has 37 heavy (non-hydrogen) atoms. The zero-order valence-corrected chi connectivity index (χ0v) is 19.1. The van der Waals surface area contributed by atoms with E-state index in [4.69, 9.17) is 11.6 Å². The molecule has 3 N–H and O–H groups in total. The van der Waals surface area contributed by atoms with Gasteiger partial charge in [0.15, 0.2) is 17.5 Å². The molecule has 14 heteroatoms. The molecular formula is C23H14ClF5N6O2. The number of carbonyl (C=O) groups is 2. The van der Waals surface area contributed by atoms with E-state index >= 15 is 0 Å². The minimum absolute atomic E-state index is 0.0955. The van der Waals surface area contributed by atoms with E-state index in [0.717, 1.165) is 12.1 Å². The third kappa shape index (κ3) is 4.65. The van der Waals surface area contributed by atoms with Crippen LogP contribution in [0.2, 0.25) is 5.02 Å².